The van der Waals surface area contributed by atoms with E-state index in [2.05, 4.69) is 0 Å². The highest BCUT2D eigenvalue weighted by Gasteiger charge is 2.28. The summed E-state index contributed by atoms with van der Waals surface area (Å²) < 4.78 is 5.15. The van der Waals surface area contributed by atoms with Crippen LogP contribution < -0.4 is 0 Å². The molecule has 0 saturated heterocycles. The Morgan fingerprint density at radius 1 is 1.36 bits per heavy atom. The molecular formula is C9H7O2+. The third-order valence-corrected chi connectivity index (χ3v) is 1.63. The number of allylic oxidation sites excluding steroid dienone is 5. The van der Waals surface area contributed by atoms with E-state index < -0.39 is 0 Å². The molecule has 2 nitrogen and oxygen atoms in total. The lowest BCUT2D eigenvalue weighted by Gasteiger charge is -1.99. The van der Waals surface area contributed by atoms with Crippen LogP contribution in [0.5, 0.6) is 0 Å². The summed E-state index contributed by atoms with van der Waals surface area (Å²) in [5.74, 6) is 0.446. The van der Waals surface area contributed by atoms with Crippen molar-refractivity contribution < 1.29 is 9.22 Å². The van der Waals surface area contributed by atoms with E-state index >= 15 is 0 Å². The van der Waals surface area contributed by atoms with Gasteiger partial charge in [0.25, 0.3) is 12.4 Å². The van der Waals surface area contributed by atoms with Crippen molar-refractivity contribution in [1.29, 1.82) is 0 Å². The Hall–Kier alpha value is -1.44. The number of fused-ring (bicyclic) bond motifs is 1. The van der Waals surface area contributed by atoms with Gasteiger partial charge in [-0.25, -0.2) is 4.42 Å². The van der Waals surface area contributed by atoms with Crippen LogP contribution in [0.3, 0.4) is 0 Å². The first-order chi connectivity index (χ1) is 5.38. The van der Waals surface area contributed by atoms with Gasteiger partial charge in [-0.05, 0) is 18.2 Å². The van der Waals surface area contributed by atoms with E-state index in [0.717, 1.165) is 5.57 Å². The van der Waals surface area contributed by atoms with Gasteiger partial charge >= 0.3 is 5.78 Å². The van der Waals surface area contributed by atoms with Gasteiger partial charge in [0.1, 0.15) is 0 Å². The molecule has 54 valence electrons. The number of carbonyl (C=O) groups is 1. The Balaban J connectivity index is 2.48. The second-order valence-electron chi connectivity index (χ2n) is 2.39. The largest absolute Gasteiger partial charge is 0.397 e. The molecule has 0 amide bonds. The minimum atomic E-state index is -0.0353. The van der Waals surface area contributed by atoms with E-state index in [-0.39, 0.29) is 5.78 Å². The number of hydrogen-bond donors (Lipinski definition) is 0. The summed E-state index contributed by atoms with van der Waals surface area (Å²) in [6.07, 6.45) is 8.91. The summed E-state index contributed by atoms with van der Waals surface area (Å²) in [6, 6.07) is 0. The molecule has 0 atom stereocenters. The van der Waals surface area contributed by atoms with Crippen LogP contribution in [-0.4, -0.2) is 18.2 Å². The molecule has 1 aliphatic heterocycles. The minimum Gasteiger partial charge on any atom is -0.279 e. The fourth-order valence-electron chi connectivity index (χ4n) is 1.13. The third-order valence-electron chi connectivity index (χ3n) is 1.63. The first-order valence-corrected chi connectivity index (χ1v) is 3.47. The molecule has 0 aromatic rings. The molecule has 0 spiro atoms. The van der Waals surface area contributed by atoms with Crippen LogP contribution in [0.4, 0.5) is 0 Å². The molecule has 2 rings (SSSR count). The van der Waals surface area contributed by atoms with Gasteiger partial charge in [-0.2, -0.15) is 0 Å². The highest BCUT2D eigenvalue weighted by atomic mass is 16.4. The maximum atomic E-state index is 11.1. The molecule has 2 heteroatoms. The molecule has 0 radical (unpaired) electrons. The Labute approximate surface area is 64.2 Å². The van der Waals surface area contributed by atoms with Crippen molar-refractivity contribution in [3.05, 3.63) is 36.0 Å². The van der Waals surface area contributed by atoms with E-state index in [1.807, 2.05) is 18.2 Å². The molecule has 0 aromatic carbocycles. The second-order valence-corrected chi connectivity index (χ2v) is 2.39. The first kappa shape index (κ1) is 6.28. The van der Waals surface area contributed by atoms with Crippen LogP contribution in [0.1, 0.15) is 0 Å². The number of rotatable bonds is 0. The van der Waals surface area contributed by atoms with Crippen LogP contribution in [0.25, 0.3) is 0 Å². The average molecular weight is 147 g/mol. The van der Waals surface area contributed by atoms with E-state index in [0.29, 0.717) is 12.4 Å². The first-order valence-electron chi connectivity index (χ1n) is 3.47. The molecule has 1 aliphatic carbocycles. The predicted octanol–water partition coefficient (Wildman–Crippen LogP) is 0.726. The van der Waals surface area contributed by atoms with Crippen molar-refractivity contribution in [3.63, 3.8) is 0 Å². The number of carbonyl (C=O) groups excluding carboxylic acids is 2. The van der Waals surface area contributed by atoms with Gasteiger partial charge < -0.3 is 0 Å². The van der Waals surface area contributed by atoms with Crippen LogP contribution in [0.2, 0.25) is 0 Å². The zero-order valence-electron chi connectivity index (χ0n) is 5.91. The topological polar surface area (TPSA) is 28.4 Å². The Bertz CT molecular complexity index is 316. The zero-order valence-corrected chi connectivity index (χ0v) is 5.91. The van der Waals surface area contributed by atoms with Crippen molar-refractivity contribution in [2.45, 2.75) is 0 Å². The van der Waals surface area contributed by atoms with Crippen molar-refractivity contribution in [3.8, 4) is 0 Å². The lowest BCUT2D eigenvalue weighted by Crippen LogP contribution is -2.20. The molecular weight excluding hydrogens is 140 g/mol. The summed E-state index contributed by atoms with van der Waals surface area (Å²) in [5.41, 5.74) is 0.878. The summed E-state index contributed by atoms with van der Waals surface area (Å²) in [5, 5.41) is 0. The second kappa shape index (κ2) is 2.31. The Kier molecular flexibility index (Phi) is 1.32. The van der Waals surface area contributed by atoms with Crippen molar-refractivity contribution in [2.24, 2.45) is 0 Å². The normalized spacial score (nSPS) is 20.9. The van der Waals surface area contributed by atoms with Gasteiger partial charge in [0.15, 0.2) is 0 Å². The monoisotopic (exact) mass is 147 g/mol. The lowest BCUT2D eigenvalue weighted by molar-refractivity contribution is -0.443. The molecule has 0 bridgehead atoms. The molecule has 0 fully saturated rings. The Morgan fingerprint density at radius 3 is 3.09 bits per heavy atom. The average Bonchev–Trinajstić information content (AvgIpc) is 2.06. The highest BCUT2D eigenvalue weighted by Crippen LogP contribution is 2.09. The molecule has 2 aliphatic rings. The summed E-state index contributed by atoms with van der Waals surface area (Å²) in [6.45, 7) is 0.506. The molecule has 0 N–H and O–H groups in total. The fourth-order valence-corrected chi connectivity index (χ4v) is 1.13. The van der Waals surface area contributed by atoms with Crippen molar-refractivity contribution in [2.75, 3.05) is 6.61 Å². The lowest BCUT2D eigenvalue weighted by atomic mass is 10.0. The molecule has 0 saturated carbocycles. The van der Waals surface area contributed by atoms with Gasteiger partial charge in [-0.15, -0.1) is 0 Å². The standard InChI is InChI=1S/C9H7O2/c10-8-5-1-3-7-4-2-6-11-9(7)8/h1-5H,6H2/q+1. The smallest absolute Gasteiger partial charge is 0.279 e. The maximum Gasteiger partial charge on any atom is 0.397 e. The van der Waals surface area contributed by atoms with Crippen LogP contribution in [0, 0.1) is 0 Å². The van der Waals surface area contributed by atoms with Crippen LogP contribution in [0.15, 0.2) is 36.0 Å². The van der Waals surface area contributed by atoms with E-state index in [1.54, 1.807) is 6.08 Å². The van der Waals surface area contributed by atoms with E-state index in [4.69, 9.17) is 4.42 Å². The molecule has 0 aromatic heterocycles. The van der Waals surface area contributed by atoms with Gasteiger partial charge in [-0.3, -0.25) is 4.79 Å². The van der Waals surface area contributed by atoms with Crippen LogP contribution in [-0.2, 0) is 9.22 Å². The summed E-state index contributed by atoms with van der Waals surface area (Å²) in [4.78, 5) is 11.1. The fraction of sp³-hybridized carbons (Fsp3) is 0.111. The summed E-state index contributed by atoms with van der Waals surface area (Å²) >= 11 is 0. The van der Waals surface area contributed by atoms with Gasteiger partial charge in [0.2, 0.25) is 0 Å². The molecule has 0 unspecified atom stereocenters. The van der Waals surface area contributed by atoms with Gasteiger partial charge in [0, 0.05) is 6.08 Å². The summed E-state index contributed by atoms with van der Waals surface area (Å²) in [7, 11) is 0. The predicted molar refractivity (Wildman–Crippen MR) is 41.2 cm³/mol. The maximum absolute atomic E-state index is 11.1. The van der Waals surface area contributed by atoms with Crippen molar-refractivity contribution in [1.82, 2.24) is 0 Å². The van der Waals surface area contributed by atoms with Crippen molar-refractivity contribution >= 4 is 11.6 Å². The van der Waals surface area contributed by atoms with Gasteiger partial charge in [-0.1, -0.05) is 6.08 Å². The van der Waals surface area contributed by atoms with Gasteiger partial charge in [0.05, 0.1) is 5.57 Å². The number of hydrogen-bond acceptors (Lipinski definition) is 1. The quantitative estimate of drug-likeness (QED) is 0.282. The third kappa shape index (κ3) is 0.963. The molecule has 11 heavy (non-hydrogen) atoms. The SMILES string of the molecule is O=C1C=CC=C2C=CC[O+]=C12. The minimum absolute atomic E-state index is 0.0353. The Morgan fingerprint density at radius 2 is 2.27 bits per heavy atom. The molecule has 1 heterocycles. The van der Waals surface area contributed by atoms with Crippen LogP contribution >= 0.6 is 0 Å². The van der Waals surface area contributed by atoms with E-state index in [1.165, 1.54) is 6.08 Å². The number of ketones is 2. The highest BCUT2D eigenvalue weighted by molar-refractivity contribution is 6.49. The van der Waals surface area contributed by atoms with E-state index in [9.17, 15) is 4.79 Å². The zero-order chi connectivity index (χ0) is 7.68.